The Labute approximate surface area is 168 Å². The monoisotopic (exact) mass is 389 g/mol. The number of rotatable bonds is 8. The molecule has 2 fully saturated rings. The van der Waals surface area contributed by atoms with Gasteiger partial charge < -0.3 is 14.2 Å². The Hall–Kier alpha value is -1.82. The highest BCUT2D eigenvalue weighted by atomic mass is 16.3. The zero-order valence-electron chi connectivity index (χ0n) is 17.7. The smallest absolute Gasteiger partial charge is 0.257 e. The lowest BCUT2D eigenvalue weighted by molar-refractivity contribution is -0.127. The Kier molecular flexibility index (Phi) is 7.16. The van der Waals surface area contributed by atoms with Crippen LogP contribution in [0.5, 0.6) is 0 Å². The van der Waals surface area contributed by atoms with Gasteiger partial charge in [-0.25, -0.2) is 0 Å². The molecular formula is C22H35N3O3. The number of aryl methyl sites for hydroxylation is 1. The molecule has 0 saturated carbocycles. The fourth-order valence-corrected chi connectivity index (χ4v) is 4.47. The van der Waals surface area contributed by atoms with E-state index in [0.717, 1.165) is 77.1 Å². The molecule has 156 valence electrons. The first-order valence-corrected chi connectivity index (χ1v) is 10.9. The molecule has 2 saturated heterocycles. The van der Waals surface area contributed by atoms with Gasteiger partial charge in [-0.05, 0) is 58.2 Å². The van der Waals surface area contributed by atoms with E-state index >= 15 is 0 Å². The Balaban J connectivity index is 1.66. The normalized spacial score (nSPS) is 20.4. The zero-order chi connectivity index (χ0) is 20.1. The molecule has 1 aromatic heterocycles. The van der Waals surface area contributed by atoms with Crippen molar-refractivity contribution >= 4 is 11.8 Å². The fraction of sp³-hybridized carbons (Fsp3) is 0.727. The molecule has 3 heterocycles. The second-order valence-electron chi connectivity index (χ2n) is 8.07. The van der Waals surface area contributed by atoms with Gasteiger partial charge in [-0.1, -0.05) is 13.8 Å². The quantitative estimate of drug-likeness (QED) is 0.683. The largest absolute Gasteiger partial charge is 0.464 e. The summed E-state index contributed by atoms with van der Waals surface area (Å²) in [5, 5.41) is 0. The number of hydrogen-bond donors (Lipinski definition) is 0. The molecule has 2 aliphatic rings. The van der Waals surface area contributed by atoms with Crippen LogP contribution in [0.2, 0.25) is 0 Å². The second-order valence-corrected chi connectivity index (χ2v) is 8.07. The van der Waals surface area contributed by atoms with Gasteiger partial charge in [-0.3, -0.25) is 14.5 Å². The van der Waals surface area contributed by atoms with Crippen LogP contribution in [0.3, 0.4) is 0 Å². The van der Waals surface area contributed by atoms with E-state index in [1.807, 2.05) is 22.8 Å². The number of likely N-dealkylation sites (tertiary alicyclic amines) is 2. The summed E-state index contributed by atoms with van der Waals surface area (Å²) in [4.78, 5) is 31.5. The van der Waals surface area contributed by atoms with Crippen molar-refractivity contribution in [1.29, 1.82) is 0 Å². The number of hydrogen-bond acceptors (Lipinski definition) is 4. The number of carbonyl (C=O) groups excluding carboxylic acids is 2. The molecule has 0 aromatic carbocycles. The van der Waals surface area contributed by atoms with Crippen LogP contribution in [-0.4, -0.2) is 65.3 Å². The van der Waals surface area contributed by atoms with Crippen LogP contribution in [0.4, 0.5) is 0 Å². The summed E-state index contributed by atoms with van der Waals surface area (Å²) in [6.45, 7) is 11.3. The average Bonchev–Trinajstić information content (AvgIpc) is 3.29. The molecule has 0 unspecified atom stereocenters. The molecule has 6 nitrogen and oxygen atoms in total. The van der Waals surface area contributed by atoms with Gasteiger partial charge in [-0.2, -0.15) is 0 Å². The van der Waals surface area contributed by atoms with Gasteiger partial charge in [0.1, 0.15) is 11.5 Å². The molecule has 2 amide bonds. The van der Waals surface area contributed by atoms with Crippen LogP contribution in [0.15, 0.2) is 10.5 Å². The number of nitrogens with zero attached hydrogens (tertiary/aromatic N) is 3. The van der Waals surface area contributed by atoms with Crippen molar-refractivity contribution in [3.05, 3.63) is 23.2 Å². The maximum atomic E-state index is 13.3. The molecule has 0 spiro atoms. The molecule has 1 atom stereocenters. The third-order valence-electron chi connectivity index (χ3n) is 6.26. The maximum absolute atomic E-state index is 13.3. The number of furan rings is 1. The highest BCUT2D eigenvalue weighted by Gasteiger charge is 2.31. The molecule has 6 heteroatoms. The number of amides is 2. The SMILES string of the molecule is CCN(CC)Cc1cc(C(=O)N2CCCC[C@@H]2CCN2CCCC2=O)c(C)o1. The molecule has 0 radical (unpaired) electrons. The summed E-state index contributed by atoms with van der Waals surface area (Å²) in [5.41, 5.74) is 0.700. The maximum Gasteiger partial charge on any atom is 0.257 e. The molecule has 28 heavy (non-hydrogen) atoms. The van der Waals surface area contributed by atoms with Crippen molar-refractivity contribution in [3.63, 3.8) is 0 Å². The van der Waals surface area contributed by atoms with Gasteiger partial charge >= 0.3 is 0 Å². The minimum absolute atomic E-state index is 0.0875. The highest BCUT2D eigenvalue weighted by Crippen LogP contribution is 2.26. The fourth-order valence-electron chi connectivity index (χ4n) is 4.47. The Bertz CT molecular complexity index is 681. The first-order valence-electron chi connectivity index (χ1n) is 10.9. The predicted molar refractivity (Wildman–Crippen MR) is 109 cm³/mol. The summed E-state index contributed by atoms with van der Waals surface area (Å²) in [5.74, 6) is 1.93. The van der Waals surface area contributed by atoms with Crippen molar-refractivity contribution in [2.45, 2.75) is 71.9 Å². The number of piperidine rings is 1. The van der Waals surface area contributed by atoms with Crippen LogP contribution in [0.25, 0.3) is 0 Å². The molecule has 0 bridgehead atoms. The van der Waals surface area contributed by atoms with Crippen LogP contribution in [-0.2, 0) is 11.3 Å². The van der Waals surface area contributed by atoms with E-state index in [0.29, 0.717) is 17.7 Å². The van der Waals surface area contributed by atoms with Crippen LogP contribution in [0.1, 0.15) is 74.3 Å². The summed E-state index contributed by atoms with van der Waals surface area (Å²) >= 11 is 0. The third kappa shape index (κ3) is 4.77. The molecular weight excluding hydrogens is 354 g/mol. The molecule has 0 aliphatic carbocycles. The van der Waals surface area contributed by atoms with Gasteiger partial charge in [-0.15, -0.1) is 0 Å². The van der Waals surface area contributed by atoms with Crippen molar-refractivity contribution in [3.8, 4) is 0 Å². The van der Waals surface area contributed by atoms with Gasteiger partial charge in [0, 0.05) is 32.1 Å². The van der Waals surface area contributed by atoms with Gasteiger partial charge in [0.05, 0.1) is 12.1 Å². The summed E-state index contributed by atoms with van der Waals surface area (Å²) in [6, 6.07) is 2.15. The van der Waals surface area contributed by atoms with E-state index in [9.17, 15) is 9.59 Å². The van der Waals surface area contributed by atoms with Crippen LogP contribution in [0, 0.1) is 6.92 Å². The minimum atomic E-state index is 0.0875. The van der Waals surface area contributed by atoms with E-state index in [-0.39, 0.29) is 17.9 Å². The average molecular weight is 390 g/mol. The minimum Gasteiger partial charge on any atom is -0.464 e. The molecule has 2 aliphatic heterocycles. The first kappa shape index (κ1) is 20.9. The molecule has 1 aromatic rings. The highest BCUT2D eigenvalue weighted by molar-refractivity contribution is 5.95. The predicted octanol–water partition coefficient (Wildman–Crippen LogP) is 3.44. The second kappa shape index (κ2) is 9.59. The molecule has 3 rings (SSSR count). The topological polar surface area (TPSA) is 57.0 Å². The van der Waals surface area contributed by atoms with Crippen LogP contribution >= 0.6 is 0 Å². The lowest BCUT2D eigenvalue weighted by atomic mass is 9.98. The van der Waals surface area contributed by atoms with Gasteiger partial charge in [0.2, 0.25) is 5.91 Å². The van der Waals surface area contributed by atoms with E-state index in [1.54, 1.807) is 0 Å². The van der Waals surface area contributed by atoms with Crippen molar-refractivity contribution in [1.82, 2.24) is 14.7 Å². The van der Waals surface area contributed by atoms with Gasteiger partial charge in [0.15, 0.2) is 0 Å². The van der Waals surface area contributed by atoms with Crippen molar-refractivity contribution in [2.75, 3.05) is 32.7 Å². The number of carbonyl (C=O) groups is 2. The van der Waals surface area contributed by atoms with Crippen LogP contribution < -0.4 is 0 Å². The van der Waals surface area contributed by atoms with E-state index in [4.69, 9.17) is 4.42 Å². The third-order valence-corrected chi connectivity index (χ3v) is 6.26. The Morgan fingerprint density at radius 3 is 2.68 bits per heavy atom. The lowest BCUT2D eigenvalue weighted by Crippen LogP contribution is -2.45. The van der Waals surface area contributed by atoms with E-state index in [1.165, 1.54) is 0 Å². The zero-order valence-corrected chi connectivity index (χ0v) is 17.7. The van der Waals surface area contributed by atoms with E-state index < -0.39 is 0 Å². The van der Waals surface area contributed by atoms with Crippen molar-refractivity contribution in [2.24, 2.45) is 0 Å². The lowest BCUT2D eigenvalue weighted by Gasteiger charge is -2.36. The first-order chi connectivity index (χ1) is 13.5. The summed E-state index contributed by atoms with van der Waals surface area (Å²) < 4.78 is 5.91. The Morgan fingerprint density at radius 1 is 1.21 bits per heavy atom. The Morgan fingerprint density at radius 2 is 2.00 bits per heavy atom. The summed E-state index contributed by atoms with van der Waals surface area (Å²) in [6.07, 6.45) is 5.75. The standard InChI is InChI=1S/C22H35N3O3/c1-4-23(5-2)16-19-15-20(17(3)28-19)22(27)25-13-7-6-9-18(25)11-14-24-12-8-10-21(24)26/h15,18H,4-14,16H2,1-3H3/t18-/m1/s1. The van der Waals surface area contributed by atoms with Crippen molar-refractivity contribution < 1.29 is 14.0 Å². The van der Waals surface area contributed by atoms with E-state index in [2.05, 4.69) is 18.7 Å². The van der Waals surface area contributed by atoms with Gasteiger partial charge in [0.25, 0.3) is 5.91 Å². The summed E-state index contributed by atoms with van der Waals surface area (Å²) in [7, 11) is 0. The molecule has 0 N–H and O–H groups in total.